The van der Waals surface area contributed by atoms with Gasteiger partial charge < -0.3 is 14.9 Å². The van der Waals surface area contributed by atoms with Crippen LogP contribution in [0.25, 0.3) is 0 Å². The first kappa shape index (κ1) is 17.2. The third kappa shape index (κ3) is 2.61. The Morgan fingerprint density at radius 2 is 2.18 bits per heavy atom. The van der Waals surface area contributed by atoms with Crippen LogP contribution in [0.5, 0.6) is 0 Å². The van der Waals surface area contributed by atoms with Crippen LogP contribution in [0.3, 0.4) is 0 Å². The lowest BCUT2D eigenvalue weighted by Crippen LogP contribution is -2.65. The summed E-state index contributed by atoms with van der Waals surface area (Å²) in [6.45, 7) is 11.5. The summed E-state index contributed by atoms with van der Waals surface area (Å²) >= 11 is 0. The highest BCUT2D eigenvalue weighted by atomic mass is 16.5. The molecule has 3 aliphatic carbocycles. The molecule has 5 heteroatoms. The highest BCUT2D eigenvalue weighted by Gasteiger charge is 2.61. The number of rotatable bonds is 5. The summed E-state index contributed by atoms with van der Waals surface area (Å²) < 4.78 is 4.98. The third-order valence-electron chi connectivity index (χ3n) is 5.56. The summed E-state index contributed by atoms with van der Waals surface area (Å²) in [5, 5.41) is 20.9. The molecule has 5 atom stereocenters. The van der Waals surface area contributed by atoms with Gasteiger partial charge in [0.05, 0.1) is 6.61 Å². The summed E-state index contributed by atoms with van der Waals surface area (Å²) in [5.74, 6) is -0.00174. The number of nitrogens with zero attached hydrogens (tertiary/aromatic N) is 1. The van der Waals surface area contributed by atoms with E-state index in [4.69, 9.17) is 4.74 Å². The van der Waals surface area contributed by atoms with Crippen molar-refractivity contribution in [1.82, 2.24) is 0 Å². The minimum absolute atomic E-state index is 0.0823. The summed E-state index contributed by atoms with van der Waals surface area (Å²) in [7, 11) is 0. The van der Waals surface area contributed by atoms with E-state index in [1.807, 2.05) is 0 Å². The van der Waals surface area contributed by atoms with Gasteiger partial charge >= 0.3 is 5.97 Å². The second kappa shape index (κ2) is 5.78. The maximum atomic E-state index is 12.0. The van der Waals surface area contributed by atoms with Gasteiger partial charge in [0.15, 0.2) is 6.04 Å². The molecule has 2 bridgehead atoms. The molecule has 0 aliphatic heterocycles. The molecule has 3 rings (SSSR count). The topological polar surface area (TPSA) is 79.1 Å². The summed E-state index contributed by atoms with van der Waals surface area (Å²) in [5.41, 5.74) is -0.380. The molecule has 0 aromatic carbocycles. The SMILES string of the molecule is C=C[C@@H](O)[C@@H](N=C1CC2CC(C1(C)O)C2(C)C)C(=O)OCC. The van der Waals surface area contributed by atoms with E-state index in [9.17, 15) is 15.0 Å². The van der Waals surface area contributed by atoms with Crippen molar-refractivity contribution >= 4 is 11.7 Å². The number of aliphatic hydroxyl groups excluding tert-OH is 1. The third-order valence-corrected chi connectivity index (χ3v) is 5.56. The van der Waals surface area contributed by atoms with Crippen molar-refractivity contribution in [1.29, 1.82) is 0 Å². The zero-order valence-electron chi connectivity index (χ0n) is 13.9. The molecule has 0 radical (unpaired) electrons. The van der Waals surface area contributed by atoms with Gasteiger partial charge in [-0.25, -0.2) is 4.79 Å². The van der Waals surface area contributed by atoms with Crippen LogP contribution in [0, 0.1) is 17.3 Å². The van der Waals surface area contributed by atoms with Crippen LogP contribution in [0.1, 0.15) is 40.5 Å². The highest BCUT2D eigenvalue weighted by molar-refractivity contribution is 5.96. The molecule has 0 spiro atoms. The van der Waals surface area contributed by atoms with Crippen LogP contribution < -0.4 is 0 Å². The van der Waals surface area contributed by atoms with Gasteiger partial charge in [0, 0.05) is 5.71 Å². The van der Waals surface area contributed by atoms with Crippen LogP contribution in [-0.2, 0) is 9.53 Å². The number of carbonyl (C=O) groups excluding carboxylic acids is 1. The number of hydrogen-bond acceptors (Lipinski definition) is 5. The Morgan fingerprint density at radius 1 is 1.55 bits per heavy atom. The zero-order chi connectivity index (χ0) is 16.7. The Kier molecular flexibility index (Phi) is 4.51. The average molecular weight is 309 g/mol. The van der Waals surface area contributed by atoms with Gasteiger partial charge in [0.1, 0.15) is 11.7 Å². The second-order valence-corrected chi connectivity index (χ2v) is 7.16. The van der Waals surface area contributed by atoms with E-state index in [1.54, 1.807) is 13.8 Å². The van der Waals surface area contributed by atoms with E-state index in [2.05, 4.69) is 25.4 Å². The molecule has 5 nitrogen and oxygen atoms in total. The van der Waals surface area contributed by atoms with E-state index in [0.29, 0.717) is 18.1 Å². The normalized spacial score (nSPS) is 37.1. The molecular formula is C17H27NO4. The monoisotopic (exact) mass is 309 g/mol. The Morgan fingerprint density at radius 3 is 2.64 bits per heavy atom. The van der Waals surface area contributed by atoms with E-state index >= 15 is 0 Å². The Balaban J connectivity index is 2.29. The molecule has 3 fully saturated rings. The van der Waals surface area contributed by atoms with Crippen molar-refractivity contribution in [2.45, 2.75) is 58.3 Å². The van der Waals surface area contributed by atoms with Gasteiger partial charge in [0.25, 0.3) is 0 Å². The van der Waals surface area contributed by atoms with Crippen LogP contribution in [0.15, 0.2) is 17.6 Å². The smallest absolute Gasteiger partial charge is 0.333 e. The lowest BCUT2D eigenvalue weighted by Gasteiger charge is -2.62. The fourth-order valence-electron chi connectivity index (χ4n) is 3.93. The molecule has 2 N–H and O–H groups in total. The molecule has 124 valence electrons. The Bertz CT molecular complexity index is 495. The zero-order valence-corrected chi connectivity index (χ0v) is 13.9. The summed E-state index contributed by atoms with van der Waals surface area (Å²) in [6.07, 6.45) is 1.78. The number of aliphatic imine (C=N–C) groups is 1. The first-order valence-electron chi connectivity index (χ1n) is 7.93. The Labute approximate surface area is 132 Å². The van der Waals surface area contributed by atoms with Crippen LogP contribution in [0.2, 0.25) is 0 Å². The van der Waals surface area contributed by atoms with Crippen LogP contribution in [0.4, 0.5) is 0 Å². The van der Waals surface area contributed by atoms with E-state index in [1.165, 1.54) is 6.08 Å². The number of ether oxygens (including phenoxy) is 1. The lowest BCUT2D eigenvalue weighted by molar-refractivity contribution is -0.147. The molecule has 0 saturated heterocycles. The van der Waals surface area contributed by atoms with Gasteiger partial charge in [0.2, 0.25) is 0 Å². The van der Waals surface area contributed by atoms with Gasteiger partial charge in [-0.1, -0.05) is 19.9 Å². The molecule has 0 amide bonds. The molecule has 3 aliphatic rings. The number of fused-ring (bicyclic) bond motifs is 2. The molecule has 22 heavy (non-hydrogen) atoms. The van der Waals surface area contributed by atoms with Gasteiger partial charge in [-0.15, -0.1) is 6.58 Å². The van der Waals surface area contributed by atoms with E-state index in [-0.39, 0.29) is 17.9 Å². The molecule has 3 saturated carbocycles. The molecule has 0 heterocycles. The minimum atomic E-state index is -1.12. The standard InChI is InChI=1S/C17H27NO4/c1-6-11(19)14(15(20)22-7-2)18-13-9-10-8-12(16(10,3)4)17(13,5)21/h6,10-12,14,19,21H,1,7-9H2,2-5H3/t10?,11-,12?,14-,17?/m1/s1. The number of hydrogen-bond donors (Lipinski definition) is 2. The van der Waals surface area contributed by atoms with E-state index < -0.39 is 23.7 Å². The largest absolute Gasteiger partial charge is 0.464 e. The van der Waals surface area contributed by atoms with Crippen LogP contribution >= 0.6 is 0 Å². The molecule has 0 aromatic rings. The summed E-state index contributed by atoms with van der Waals surface area (Å²) in [4.78, 5) is 16.4. The van der Waals surface area contributed by atoms with Gasteiger partial charge in [-0.05, 0) is 43.9 Å². The average Bonchev–Trinajstić information content (AvgIpc) is 2.44. The minimum Gasteiger partial charge on any atom is -0.464 e. The van der Waals surface area contributed by atoms with Crippen molar-refractivity contribution < 1.29 is 19.7 Å². The summed E-state index contributed by atoms with van der Waals surface area (Å²) in [6, 6.07) is -1.06. The predicted molar refractivity (Wildman–Crippen MR) is 84.7 cm³/mol. The molecular weight excluding hydrogens is 282 g/mol. The second-order valence-electron chi connectivity index (χ2n) is 7.16. The highest BCUT2D eigenvalue weighted by Crippen LogP contribution is 2.61. The number of aliphatic hydroxyl groups is 2. The first-order valence-corrected chi connectivity index (χ1v) is 7.93. The maximum absolute atomic E-state index is 12.0. The molecule has 3 unspecified atom stereocenters. The predicted octanol–water partition coefficient (Wildman–Crippen LogP) is 1.72. The first-order chi connectivity index (χ1) is 10.2. The van der Waals surface area contributed by atoms with Crippen molar-refractivity contribution in [2.75, 3.05) is 6.61 Å². The van der Waals surface area contributed by atoms with Crippen molar-refractivity contribution in [3.63, 3.8) is 0 Å². The maximum Gasteiger partial charge on any atom is 0.333 e. The van der Waals surface area contributed by atoms with Gasteiger partial charge in [-0.3, -0.25) is 4.99 Å². The Hall–Kier alpha value is -1.20. The van der Waals surface area contributed by atoms with Gasteiger partial charge in [-0.2, -0.15) is 0 Å². The molecule has 0 aromatic heterocycles. The van der Waals surface area contributed by atoms with Crippen molar-refractivity contribution in [2.24, 2.45) is 22.2 Å². The quantitative estimate of drug-likeness (QED) is 0.599. The lowest BCUT2D eigenvalue weighted by atomic mass is 9.44. The van der Waals surface area contributed by atoms with E-state index in [0.717, 1.165) is 6.42 Å². The van der Waals surface area contributed by atoms with Crippen molar-refractivity contribution in [3.8, 4) is 0 Å². The van der Waals surface area contributed by atoms with Crippen LogP contribution in [-0.4, -0.2) is 46.2 Å². The number of carbonyl (C=O) groups is 1. The van der Waals surface area contributed by atoms with Crippen molar-refractivity contribution in [3.05, 3.63) is 12.7 Å². The fraction of sp³-hybridized carbons (Fsp3) is 0.765. The fourth-order valence-corrected chi connectivity index (χ4v) is 3.93. The number of esters is 1.